The van der Waals surface area contributed by atoms with Gasteiger partial charge in [-0.2, -0.15) is 0 Å². The van der Waals surface area contributed by atoms with Gasteiger partial charge < -0.3 is 19.7 Å². The molecule has 3 rings (SSSR count). The Bertz CT molecular complexity index is 902. The number of esters is 1. The first-order valence-corrected chi connectivity index (χ1v) is 10.1. The fourth-order valence-electron chi connectivity index (χ4n) is 2.85. The lowest BCUT2D eigenvalue weighted by Crippen LogP contribution is -2.37. The van der Waals surface area contributed by atoms with E-state index in [2.05, 4.69) is 5.32 Å². The summed E-state index contributed by atoms with van der Waals surface area (Å²) >= 11 is 1.49. The van der Waals surface area contributed by atoms with Gasteiger partial charge in [0.25, 0.3) is 5.91 Å². The van der Waals surface area contributed by atoms with E-state index in [1.807, 2.05) is 48.5 Å². The Labute approximate surface area is 173 Å². The second-order valence-electron chi connectivity index (χ2n) is 6.34. The van der Waals surface area contributed by atoms with Crippen LogP contribution in [0, 0.1) is 0 Å². The van der Waals surface area contributed by atoms with Crippen LogP contribution in [0.15, 0.2) is 53.4 Å². The fraction of sp³-hybridized carbons (Fsp3) is 0.286. The normalized spacial score (nSPS) is 12.9. The third kappa shape index (κ3) is 5.74. The Morgan fingerprint density at radius 1 is 1.17 bits per heavy atom. The van der Waals surface area contributed by atoms with E-state index in [1.165, 1.54) is 11.8 Å². The number of thioether (sulfide) groups is 1. The van der Waals surface area contributed by atoms with Crippen molar-refractivity contribution in [3.05, 3.63) is 54.1 Å². The van der Waals surface area contributed by atoms with Crippen LogP contribution in [0.5, 0.6) is 5.75 Å². The molecule has 0 aromatic heterocycles. The molecule has 2 aromatic rings. The molecule has 2 amide bonds. The Morgan fingerprint density at radius 2 is 2.00 bits per heavy atom. The van der Waals surface area contributed by atoms with Crippen molar-refractivity contribution in [3.8, 4) is 5.75 Å². The quantitative estimate of drug-likeness (QED) is 0.668. The third-order valence-electron chi connectivity index (χ3n) is 4.34. The number of methoxy groups -OCH3 is 1. The summed E-state index contributed by atoms with van der Waals surface area (Å²) in [6, 6.07) is 14.9. The molecule has 0 bridgehead atoms. The van der Waals surface area contributed by atoms with Crippen LogP contribution in [0.4, 0.5) is 5.69 Å². The van der Waals surface area contributed by atoms with E-state index in [-0.39, 0.29) is 25.5 Å². The van der Waals surface area contributed by atoms with Crippen LogP contribution in [0.25, 0.3) is 0 Å². The Hall–Kier alpha value is -3.00. The molecule has 29 heavy (non-hydrogen) atoms. The van der Waals surface area contributed by atoms with E-state index in [9.17, 15) is 14.4 Å². The number of hydrogen-bond acceptors (Lipinski definition) is 6. The van der Waals surface area contributed by atoms with Gasteiger partial charge >= 0.3 is 5.97 Å². The molecule has 0 spiro atoms. The highest BCUT2D eigenvalue weighted by molar-refractivity contribution is 8.00. The highest BCUT2D eigenvalue weighted by Gasteiger charge is 2.24. The number of anilines is 1. The summed E-state index contributed by atoms with van der Waals surface area (Å²) in [6.45, 7) is 0.175. The molecule has 1 N–H and O–H groups in total. The van der Waals surface area contributed by atoms with Gasteiger partial charge in [0, 0.05) is 18.0 Å². The number of carbonyl (C=O) groups is 3. The van der Waals surface area contributed by atoms with Crippen LogP contribution in [0.3, 0.4) is 0 Å². The topological polar surface area (TPSA) is 84.9 Å². The molecule has 2 aromatic carbocycles. The van der Waals surface area contributed by atoms with Crippen LogP contribution in [-0.4, -0.2) is 43.8 Å². The molecule has 0 atom stereocenters. The summed E-state index contributed by atoms with van der Waals surface area (Å²) in [5.74, 6) is 0.0913. The van der Waals surface area contributed by atoms with Crippen LogP contribution < -0.4 is 15.0 Å². The largest absolute Gasteiger partial charge is 0.497 e. The number of nitrogens with zero attached hydrogens (tertiary/aromatic N) is 1. The van der Waals surface area contributed by atoms with Gasteiger partial charge in [-0.1, -0.05) is 24.3 Å². The number of rotatable bonds is 8. The van der Waals surface area contributed by atoms with Gasteiger partial charge in [-0.3, -0.25) is 14.4 Å². The summed E-state index contributed by atoms with van der Waals surface area (Å²) in [5, 5.41) is 2.69. The van der Waals surface area contributed by atoms with Crippen molar-refractivity contribution in [1.82, 2.24) is 5.32 Å². The molecule has 0 saturated carbocycles. The smallest absolute Gasteiger partial charge is 0.308 e. The number of ether oxygens (including phenoxy) is 2. The predicted molar refractivity (Wildman–Crippen MR) is 110 cm³/mol. The molecule has 1 heterocycles. The number of fused-ring (bicyclic) bond motifs is 1. The maximum atomic E-state index is 12.2. The molecule has 1 aliphatic rings. The average Bonchev–Trinajstić information content (AvgIpc) is 2.75. The number of nitrogens with one attached hydrogen (secondary N) is 1. The van der Waals surface area contributed by atoms with Gasteiger partial charge in [0.1, 0.15) is 5.75 Å². The summed E-state index contributed by atoms with van der Waals surface area (Å²) in [4.78, 5) is 38.7. The van der Waals surface area contributed by atoms with E-state index in [0.29, 0.717) is 18.0 Å². The van der Waals surface area contributed by atoms with Gasteiger partial charge in [0.05, 0.1) is 25.0 Å². The summed E-state index contributed by atoms with van der Waals surface area (Å²) in [6.07, 6.45) is 0.0217. The maximum absolute atomic E-state index is 12.2. The first-order valence-electron chi connectivity index (χ1n) is 9.14. The first-order chi connectivity index (χ1) is 14.1. The molecule has 7 nitrogen and oxygen atoms in total. The van der Waals surface area contributed by atoms with Gasteiger partial charge in [-0.25, -0.2) is 0 Å². The lowest BCUT2D eigenvalue weighted by molar-refractivity contribution is -0.148. The monoisotopic (exact) mass is 414 g/mol. The number of hydrogen-bond donors (Lipinski definition) is 1. The van der Waals surface area contributed by atoms with Crippen LogP contribution in [0.2, 0.25) is 0 Å². The predicted octanol–water partition coefficient (Wildman–Crippen LogP) is 2.38. The van der Waals surface area contributed by atoms with Crippen molar-refractivity contribution < 1.29 is 23.9 Å². The highest BCUT2D eigenvalue weighted by atomic mass is 32.2. The van der Waals surface area contributed by atoms with Gasteiger partial charge in [0.2, 0.25) is 5.91 Å². The number of benzene rings is 2. The van der Waals surface area contributed by atoms with Gasteiger partial charge in [-0.05, 0) is 29.8 Å². The zero-order chi connectivity index (χ0) is 20.6. The molecule has 0 radical (unpaired) electrons. The SMILES string of the molecule is COc1cccc(CNC(=O)COC(=O)CCN2C(=O)CSc3ccccc32)c1. The van der Waals surface area contributed by atoms with E-state index in [0.717, 1.165) is 16.1 Å². The van der Waals surface area contributed by atoms with Crippen LogP contribution in [0.1, 0.15) is 12.0 Å². The molecule has 0 saturated heterocycles. The minimum absolute atomic E-state index is 0.0217. The molecule has 0 unspecified atom stereocenters. The standard InChI is InChI=1S/C21H22N2O5S/c1-27-16-6-4-5-15(11-16)12-22-19(24)13-28-21(26)9-10-23-17-7-2-3-8-18(17)29-14-20(23)25/h2-8,11H,9-10,12-14H2,1H3,(H,22,24). The Morgan fingerprint density at radius 3 is 2.83 bits per heavy atom. The second-order valence-corrected chi connectivity index (χ2v) is 7.36. The van der Waals surface area contributed by atoms with E-state index >= 15 is 0 Å². The van der Waals surface area contributed by atoms with Crippen molar-refractivity contribution in [2.24, 2.45) is 0 Å². The number of para-hydroxylation sites is 1. The highest BCUT2D eigenvalue weighted by Crippen LogP contribution is 2.34. The van der Waals surface area contributed by atoms with E-state index in [4.69, 9.17) is 9.47 Å². The number of carbonyl (C=O) groups excluding carboxylic acids is 3. The van der Waals surface area contributed by atoms with Crippen LogP contribution in [-0.2, 0) is 25.7 Å². The molecule has 1 aliphatic heterocycles. The lowest BCUT2D eigenvalue weighted by Gasteiger charge is -2.28. The maximum Gasteiger partial charge on any atom is 0.308 e. The van der Waals surface area contributed by atoms with Crippen molar-refractivity contribution in [1.29, 1.82) is 0 Å². The molecular weight excluding hydrogens is 392 g/mol. The molecule has 0 aliphatic carbocycles. The first kappa shape index (κ1) is 20.7. The zero-order valence-corrected chi connectivity index (χ0v) is 16.9. The van der Waals surface area contributed by atoms with Crippen molar-refractivity contribution >= 4 is 35.2 Å². The summed E-state index contributed by atoms with van der Waals surface area (Å²) in [5.41, 5.74) is 1.68. The fourth-order valence-corrected chi connectivity index (χ4v) is 3.79. The Balaban J connectivity index is 1.42. The Kier molecular flexibility index (Phi) is 7.13. The third-order valence-corrected chi connectivity index (χ3v) is 5.38. The molecule has 0 fully saturated rings. The van der Waals surface area contributed by atoms with E-state index in [1.54, 1.807) is 12.0 Å². The average molecular weight is 414 g/mol. The zero-order valence-electron chi connectivity index (χ0n) is 16.1. The van der Waals surface area contributed by atoms with Crippen molar-refractivity contribution in [2.75, 3.05) is 30.9 Å². The minimum atomic E-state index is -0.523. The number of amides is 2. The second kappa shape index (κ2) is 9.97. The van der Waals surface area contributed by atoms with Crippen molar-refractivity contribution in [2.45, 2.75) is 17.9 Å². The molecular formula is C21H22N2O5S. The summed E-state index contributed by atoms with van der Waals surface area (Å²) in [7, 11) is 1.58. The van der Waals surface area contributed by atoms with E-state index < -0.39 is 11.9 Å². The lowest BCUT2D eigenvalue weighted by atomic mass is 10.2. The van der Waals surface area contributed by atoms with Gasteiger partial charge in [-0.15, -0.1) is 11.8 Å². The molecule has 152 valence electrons. The minimum Gasteiger partial charge on any atom is -0.497 e. The molecule has 8 heteroatoms. The van der Waals surface area contributed by atoms with Crippen molar-refractivity contribution in [3.63, 3.8) is 0 Å². The van der Waals surface area contributed by atoms with Crippen LogP contribution >= 0.6 is 11.8 Å². The van der Waals surface area contributed by atoms with Gasteiger partial charge in [0.15, 0.2) is 6.61 Å². The summed E-state index contributed by atoms with van der Waals surface area (Å²) < 4.78 is 10.2.